The van der Waals surface area contributed by atoms with E-state index in [1.807, 2.05) is 37.3 Å². The summed E-state index contributed by atoms with van der Waals surface area (Å²) in [5.74, 6) is 1.37. The highest BCUT2D eigenvalue weighted by molar-refractivity contribution is 7.91. The highest BCUT2D eigenvalue weighted by Crippen LogP contribution is 2.19. The second kappa shape index (κ2) is 5.61. The first-order valence-corrected chi connectivity index (χ1v) is 8.89. The Morgan fingerprint density at radius 1 is 1.19 bits per heavy atom. The van der Waals surface area contributed by atoms with Crippen LogP contribution in [0.3, 0.4) is 0 Å². The first-order valence-electron chi connectivity index (χ1n) is 7.07. The van der Waals surface area contributed by atoms with Crippen molar-refractivity contribution in [3.63, 3.8) is 0 Å². The maximum atomic E-state index is 11.5. The SMILES string of the molecule is Cc1[nH]c(-c2ccccc2)nc1CN1CCS(=O)(=O)CC1. The van der Waals surface area contributed by atoms with Crippen LogP contribution in [0, 0.1) is 6.92 Å². The number of rotatable bonds is 3. The normalized spacial score (nSPS) is 18.7. The summed E-state index contributed by atoms with van der Waals surface area (Å²) in [5.41, 5.74) is 3.10. The second-order valence-electron chi connectivity index (χ2n) is 5.45. The average molecular weight is 305 g/mol. The Hall–Kier alpha value is -1.66. The van der Waals surface area contributed by atoms with Gasteiger partial charge in [0.25, 0.3) is 0 Å². The molecule has 2 aromatic rings. The summed E-state index contributed by atoms with van der Waals surface area (Å²) in [6.45, 7) is 3.89. The van der Waals surface area contributed by atoms with E-state index in [4.69, 9.17) is 0 Å². The summed E-state index contributed by atoms with van der Waals surface area (Å²) in [4.78, 5) is 10.1. The Kier molecular flexibility index (Phi) is 3.82. The van der Waals surface area contributed by atoms with Crippen LogP contribution < -0.4 is 0 Å². The van der Waals surface area contributed by atoms with E-state index >= 15 is 0 Å². The predicted octanol–water partition coefficient (Wildman–Crippen LogP) is 1.62. The molecule has 6 heteroatoms. The highest BCUT2D eigenvalue weighted by Gasteiger charge is 2.22. The molecule has 1 fully saturated rings. The lowest BCUT2D eigenvalue weighted by Crippen LogP contribution is -2.39. The van der Waals surface area contributed by atoms with Crippen molar-refractivity contribution in [1.82, 2.24) is 14.9 Å². The van der Waals surface area contributed by atoms with Crippen LogP contribution >= 0.6 is 0 Å². The van der Waals surface area contributed by atoms with E-state index in [1.165, 1.54) is 0 Å². The van der Waals surface area contributed by atoms with E-state index in [0.29, 0.717) is 19.6 Å². The third-order valence-corrected chi connectivity index (χ3v) is 5.45. The van der Waals surface area contributed by atoms with E-state index < -0.39 is 9.84 Å². The molecule has 1 aromatic heterocycles. The number of H-pyrrole nitrogens is 1. The van der Waals surface area contributed by atoms with Gasteiger partial charge in [-0.2, -0.15) is 0 Å². The number of aryl methyl sites for hydroxylation is 1. The molecule has 5 nitrogen and oxygen atoms in total. The minimum absolute atomic E-state index is 0.252. The van der Waals surface area contributed by atoms with E-state index in [0.717, 1.165) is 22.8 Å². The Labute approximate surface area is 124 Å². The predicted molar refractivity (Wildman–Crippen MR) is 82.7 cm³/mol. The summed E-state index contributed by atoms with van der Waals surface area (Å²) >= 11 is 0. The van der Waals surface area contributed by atoms with Gasteiger partial charge in [-0.15, -0.1) is 0 Å². The van der Waals surface area contributed by atoms with Gasteiger partial charge in [0, 0.05) is 30.9 Å². The Morgan fingerprint density at radius 3 is 2.52 bits per heavy atom. The number of hydrogen-bond acceptors (Lipinski definition) is 4. The fourth-order valence-electron chi connectivity index (χ4n) is 2.50. The third kappa shape index (κ3) is 3.33. The standard InChI is InChI=1S/C15H19N3O2S/c1-12-14(11-18-7-9-21(19,20)10-8-18)17-15(16-12)13-5-3-2-4-6-13/h2-6H,7-11H2,1H3,(H,16,17). The van der Waals surface area contributed by atoms with Gasteiger partial charge in [0.05, 0.1) is 17.2 Å². The smallest absolute Gasteiger partial charge is 0.152 e. The lowest BCUT2D eigenvalue weighted by molar-refractivity contribution is 0.284. The number of aromatic amines is 1. The van der Waals surface area contributed by atoms with Gasteiger partial charge in [0.1, 0.15) is 5.82 Å². The number of hydrogen-bond donors (Lipinski definition) is 1. The molecular formula is C15H19N3O2S. The van der Waals surface area contributed by atoms with Crippen LogP contribution in [0.25, 0.3) is 11.4 Å². The topological polar surface area (TPSA) is 66.1 Å². The lowest BCUT2D eigenvalue weighted by Gasteiger charge is -2.25. The molecule has 1 aromatic carbocycles. The molecule has 1 N–H and O–H groups in total. The van der Waals surface area contributed by atoms with Crippen molar-refractivity contribution >= 4 is 9.84 Å². The fraction of sp³-hybridized carbons (Fsp3) is 0.400. The molecule has 112 valence electrons. The van der Waals surface area contributed by atoms with Crippen LogP contribution in [0.5, 0.6) is 0 Å². The fourth-order valence-corrected chi connectivity index (χ4v) is 3.78. The van der Waals surface area contributed by atoms with Crippen LogP contribution in [0.15, 0.2) is 30.3 Å². The molecule has 0 amide bonds. The molecule has 0 unspecified atom stereocenters. The van der Waals surface area contributed by atoms with Gasteiger partial charge >= 0.3 is 0 Å². The molecule has 0 saturated carbocycles. The van der Waals surface area contributed by atoms with Crippen LogP contribution in [0.1, 0.15) is 11.4 Å². The molecule has 1 aliphatic heterocycles. The van der Waals surface area contributed by atoms with Crippen LogP contribution in [-0.2, 0) is 16.4 Å². The molecule has 0 radical (unpaired) electrons. The minimum atomic E-state index is -2.83. The van der Waals surface area contributed by atoms with E-state index in [-0.39, 0.29) is 11.5 Å². The first kappa shape index (κ1) is 14.3. The number of aromatic nitrogens is 2. The van der Waals surface area contributed by atoms with Gasteiger partial charge in [-0.05, 0) is 6.92 Å². The van der Waals surface area contributed by atoms with E-state index in [9.17, 15) is 8.42 Å². The molecule has 0 aliphatic carbocycles. The van der Waals surface area contributed by atoms with Gasteiger partial charge in [-0.25, -0.2) is 13.4 Å². The molecule has 21 heavy (non-hydrogen) atoms. The number of benzene rings is 1. The molecular weight excluding hydrogens is 286 g/mol. The van der Waals surface area contributed by atoms with Gasteiger partial charge in [-0.3, -0.25) is 4.90 Å². The van der Waals surface area contributed by atoms with Crippen molar-refractivity contribution in [2.75, 3.05) is 24.6 Å². The number of imidazole rings is 1. The summed E-state index contributed by atoms with van der Waals surface area (Å²) in [5, 5.41) is 0. The molecule has 0 bridgehead atoms. The third-order valence-electron chi connectivity index (χ3n) is 3.84. The quantitative estimate of drug-likeness (QED) is 0.935. The molecule has 0 atom stereocenters. The second-order valence-corrected chi connectivity index (χ2v) is 7.75. The zero-order chi connectivity index (χ0) is 14.9. The number of nitrogens with zero attached hydrogens (tertiary/aromatic N) is 2. The van der Waals surface area contributed by atoms with E-state index in [1.54, 1.807) is 0 Å². The average Bonchev–Trinajstić information content (AvgIpc) is 2.83. The Balaban J connectivity index is 1.74. The molecule has 0 spiro atoms. The number of sulfone groups is 1. The largest absolute Gasteiger partial charge is 0.342 e. The summed E-state index contributed by atoms with van der Waals surface area (Å²) < 4.78 is 22.9. The summed E-state index contributed by atoms with van der Waals surface area (Å²) in [7, 11) is -2.83. The zero-order valence-corrected chi connectivity index (χ0v) is 12.9. The Morgan fingerprint density at radius 2 is 1.86 bits per heavy atom. The van der Waals surface area contributed by atoms with Crippen molar-refractivity contribution in [1.29, 1.82) is 0 Å². The van der Waals surface area contributed by atoms with Gasteiger partial charge in [0.2, 0.25) is 0 Å². The van der Waals surface area contributed by atoms with Crippen molar-refractivity contribution in [2.45, 2.75) is 13.5 Å². The number of nitrogens with one attached hydrogen (secondary N) is 1. The zero-order valence-electron chi connectivity index (χ0n) is 12.0. The van der Waals surface area contributed by atoms with Crippen molar-refractivity contribution in [2.24, 2.45) is 0 Å². The van der Waals surface area contributed by atoms with Crippen LogP contribution in [0.4, 0.5) is 0 Å². The van der Waals surface area contributed by atoms with E-state index in [2.05, 4.69) is 14.9 Å². The molecule has 1 aliphatic rings. The maximum Gasteiger partial charge on any atom is 0.152 e. The Bertz CT molecular complexity index is 709. The van der Waals surface area contributed by atoms with Gasteiger partial charge in [-0.1, -0.05) is 30.3 Å². The highest BCUT2D eigenvalue weighted by atomic mass is 32.2. The molecule has 2 heterocycles. The monoisotopic (exact) mass is 305 g/mol. The minimum Gasteiger partial charge on any atom is -0.342 e. The molecule has 1 saturated heterocycles. The van der Waals surface area contributed by atoms with Gasteiger partial charge < -0.3 is 4.98 Å². The maximum absolute atomic E-state index is 11.5. The van der Waals surface area contributed by atoms with Gasteiger partial charge in [0.15, 0.2) is 9.84 Å². The van der Waals surface area contributed by atoms with Crippen molar-refractivity contribution in [3.05, 3.63) is 41.7 Å². The first-order chi connectivity index (χ1) is 10.0. The van der Waals surface area contributed by atoms with Crippen molar-refractivity contribution < 1.29 is 8.42 Å². The van der Waals surface area contributed by atoms with Crippen LogP contribution in [-0.4, -0.2) is 47.9 Å². The lowest BCUT2D eigenvalue weighted by atomic mass is 10.2. The molecule has 3 rings (SSSR count). The van der Waals surface area contributed by atoms with Crippen LogP contribution in [0.2, 0.25) is 0 Å². The summed E-state index contributed by atoms with van der Waals surface area (Å²) in [6, 6.07) is 10.0. The summed E-state index contributed by atoms with van der Waals surface area (Å²) in [6.07, 6.45) is 0. The van der Waals surface area contributed by atoms with Crippen molar-refractivity contribution in [3.8, 4) is 11.4 Å².